The fourth-order valence-electron chi connectivity index (χ4n) is 2.82. The Bertz CT molecular complexity index is 410. The Morgan fingerprint density at radius 2 is 2.21 bits per heavy atom. The van der Waals surface area contributed by atoms with E-state index in [1.165, 1.54) is 6.42 Å². The van der Waals surface area contributed by atoms with Crippen LogP contribution in [0.3, 0.4) is 0 Å². The lowest BCUT2D eigenvalue weighted by Crippen LogP contribution is -2.61. The van der Waals surface area contributed by atoms with Gasteiger partial charge in [0.1, 0.15) is 12.2 Å². The van der Waals surface area contributed by atoms with Crippen LogP contribution in [0.15, 0.2) is 6.33 Å². The molecule has 0 bridgehead atoms. The summed E-state index contributed by atoms with van der Waals surface area (Å²) in [4.78, 5) is 6.92. The fourth-order valence-corrected chi connectivity index (χ4v) is 2.82. The van der Waals surface area contributed by atoms with Crippen molar-refractivity contribution < 1.29 is 0 Å². The molecule has 1 aromatic heterocycles. The van der Waals surface area contributed by atoms with Crippen LogP contribution in [0, 0.1) is 5.92 Å². The molecule has 0 amide bonds. The van der Waals surface area contributed by atoms with Crippen molar-refractivity contribution in [1.82, 2.24) is 25.0 Å². The third kappa shape index (κ3) is 3.76. The van der Waals surface area contributed by atoms with Crippen LogP contribution in [-0.4, -0.2) is 44.3 Å². The molecule has 1 atom stereocenters. The molecule has 1 saturated heterocycles. The first-order valence-electron chi connectivity index (χ1n) is 7.19. The molecule has 1 aliphatic heterocycles. The fraction of sp³-hybridized carbons (Fsp3) is 0.857. The second-order valence-corrected chi connectivity index (χ2v) is 6.75. The topological polar surface area (TPSA) is 46.0 Å². The zero-order valence-electron chi connectivity index (χ0n) is 12.8. The average Bonchev–Trinajstić information content (AvgIpc) is 2.68. The molecule has 0 spiro atoms. The van der Waals surface area contributed by atoms with Gasteiger partial charge in [0.15, 0.2) is 0 Å². The lowest BCUT2D eigenvalue weighted by molar-refractivity contribution is 0.0727. The Kier molecular flexibility index (Phi) is 4.26. The van der Waals surface area contributed by atoms with E-state index in [1.807, 2.05) is 11.7 Å². The lowest BCUT2D eigenvalue weighted by Gasteiger charge is -2.45. The molecular formula is C14H27N5. The van der Waals surface area contributed by atoms with Crippen LogP contribution in [0.2, 0.25) is 0 Å². The summed E-state index contributed by atoms with van der Waals surface area (Å²) in [6.07, 6.45) is 2.86. The number of nitrogens with one attached hydrogen (secondary N) is 1. The molecule has 5 nitrogen and oxygen atoms in total. The smallest absolute Gasteiger partial charge is 0.140 e. The largest absolute Gasteiger partial charge is 0.309 e. The van der Waals surface area contributed by atoms with E-state index in [9.17, 15) is 0 Å². The number of nitrogens with zero attached hydrogens (tertiary/aromatic N) is 4. The first-order chi connectivity index (χ1) is 8.87. The molecule has 108 valence electrons. The zero-order chi connectivity index (χ0) is 14.0. The monoisotopic (exact) mass is 265 g/mol. The van der Waals surface area contributed by atoms with E-state index in [1.54, 1.807) is 6.33 Å². The standard InChI is InChI=1S/C14H27N5/c1-11(2)6-12-7-16-14(3,4)9-19(12)8-13-15-10-17-18(13)5/h10-12,16H,6-9H2,1-5H3. The van der Waals surface area contributed by atoms with Gasteiger partial charge < -0.3 is 5.32 Å². The third-order valence-corrected chi connectivity index (χ3v) is 3.82. The van der Waals surface area contributed by atoms with E-state index in [-0.39, 0.29) is 5.54 Å². The van der Waals surface area contributed by atoms with E-state index < -0.39 is 0 Å². The predicted octanol–water partition coefficient (Wildman–Crippen LogP) is 1.41. The van der Waals surface area contributed by atoms with Crippen molar-refractivity contribution in [2.24, 2.45) is 13.0 Å². The molecule has 2 rings (SSSR count). The molecule has 0 aliphatic carbocycles. The average molecular weight is 265 g/mol. The maximum Gasteiger partial charge on any atom is 0.140 e. The molecule has 1 unspecified atom stereocenters. The highest BCUT2D eigenvalue weighted by Crippen LogP contribution is 2.21. The highest BCUT2D eigenvalue weighted by Gasteiger charge is 2.33. The zero-order valence-corrected chi connectivity index (χ0v) is 12.8. The normalized spacial score (nSPS) is 24.0. The molecule has 1 fully saturated rings. The highest BCUT2D eigenvalue weighted by atomic mass is 15.3. The van der Waals surface area contributed by atoms with Crippen molar-refractivity contribution >= 4 is 0 Å². The number of aryl methyl sites for hydroxylation is 1. The van der Waals surface area contributed by atoms with E-state index in [0.717, 1.165) is 31.4 Å². The molecule has 0 saturated carbocycles. The second kappa shape index (κ2) is 5.59. The molecule has 0 radical (unpaired) electrons. The first-order valence-corrected chi connectivity index (χ1v) is 7.19. The van der Waals surface area contributed by atoms with E-state index in [2.05, 4.69) is 48.0 Å². The molecule has 5 heteroatoms. The SMILES string of the molecule is CC(C)CC1CNC(C)(C)CN1Cc1ncnn1C. The third-order valence-electron chi connectivity index (χ3n) is 3.82. The minimum Gasteiger partial charge on any atom is -0.309 e. The summed E-state index contributed by atoms with van der Waals surface area (Å²) in [5.74, 6) is 1.77. The van der Waals surface area contributed by atoms with Crippen LogP contribution in [0.4, 0.5) is 0 Å². The minimum atomic E-state index is 0.173. The van der Waals surface area contributed by atoms with Crippen molar-refractivity contribution in [3.8, 4) is 0 Å². The quantitative estimate of drug-likeness (QED) is 0.894. The molecule has 1 N–H and O–H groups in total. The minimum absolute atomic E-state index is 0.173. The van der Waals surface area contributed by atoms with Gasteiger partial charge in [-0.05, 0) is 26.2 Å². The maximum absolute atomic E-state index is 4.36. The Hall–Kier alpha value is -0.940. The Morgan fingerprint density at radius 3 is 2.79 bits per heavy atom. The van der Waals surface area contributed by atoms with E-state index in [0.29, 0.717) is 6.04 Å². The van der Waals surface area contributed by atoms with Gasteiger partial charge in [-0.3, -0.25) is 9.58 Å². The number of hydrogen-bond acceptors (Lipinski definition) is 4. The van der Waals surface area contributed by atoms with Crippen LogP contribution in [-0.2, 0) is 13.6 Å². The Morgan fingerprint density at radius 1 is 1.47 bits per heavy atom. The Balaban J connectivity index is 2.09. The van der Waals surface area contributed by atoms with Gasteiger partial charge in [-0.1, -0.05) is 13.8 Å². The van der Waals surface area contributed by atoms with Crippen LogP contribution in [0.1, 0.15) is 39.9 Å². The van der Waals surface area contributed by atoms with Crippen molar-refractivity contribution in [2.45, 2.75) is 52.2 Å². The summed E-state index contributed by atoms with van der Waals surface area (Å²) < 4.78 is 1.88. The summed E-state index contributed by atoms with van der Waals surface area (Å²) >= 11 is 0. The molecular weight excluding hydrogens is 238 g/mol. The van der Waals surface area contributed by atoms with Gasteiger partial charge in [0.05, 0.1) is 6.54 Å². The molecule has 2 heterocycles. The van der Waals surface area contributed by atoms with E-state index >= 15 is 0 Å². The summed E-state index contributed by atoms with van der Waals surface area (Å²) in [5.41, 5.74) is 0.173. The van der Waals surface area contributed by atoms with Gasteiger partial charge in [0.25, 0.3) is 0 Å². The summed E-state index contributed by atoms with van der Waals surface area (Å²) in [5, 5.41) is 7.82. The second-order valence-electron chi connectivity index (χ2n) is 6.75. The Labute approximate surface area is 116 Å². The van der Waals surface area contributed by atoms with Crippen LogP contribution in [0.25, 0.3) is 0 Å². The van der Waals surface area contributed by atoms with Gasteiger partial charge in [-0.2, -0.15) is 5.10 Å². The van der Waals surface area contributed by atoms with Gasteiger partial charge >= 0.3 is 0 Å². The predicted molar refractivity (Wildman–Crippen MR) is 76.7 cm³/mol. The maximum atomic E-state index is 4.36. The van der Waals surface area contributed by atoms with E-state index in [4.69, 9.17) is 0 Å². The summed E-state index contributed by atoms with van der Waals surface area (Å²) in [6, 6.07) is 0.588. The first kappa shape index (κ1) is 14.5. The number of hydrogen-bond donors (Lipinski definition) is 1. The molecule has 19 heavy (non-hydrogen) atoms. The van der Waals surface area contributed by atoms with Gasteiger partial charge in [-0.25, -0.2) is 4.98 Å². The van der Waals surface area contributed by atoms with Crippen molar-refractivity contribution in [3.63, 3.8) is 0 Å². The summed E-state index contributed by atoms with van der Waals surface area (Å²) in [6.45, 7) is 12.1. The molecule has 0 aromatic carbocycles. The molecule has 1 aliphatic rings. The van der Waals surface area contributed by atoms with Crippen LogP contribution >= 0.6 is 0 Å². The number of rotatable bonds is 4. The van der Waals surface area contributed by atoms with Crippen LogP contribution in [0.5, 0.6) is 0 Å². The lowest BCUT2D eigenvalue weighted by atomic mass is 9.94. The van der Waals surface area contributed by atoms with Crippen molar-refractivity contribution in [2.75, 3.05) is 13.1 Å². The highest BCUT2D eigenvalue weighted by molar-refractivity contribution is 4.95. The van der Waals surface area contributed by atoms with Crippen molar-refractivity contribution in [1.29, 1.82) is 0 Å². The van der Waals surface area contributed by atoms with Crippen molar-refractivity contribution in [3.05, 3.63) is 12.2 Å². The van der Waals surface area contributed by atoms with Gasteiger partial charge in [0.2, 0.25) is 0 Å². The summed E-state index contributed by atoms with van der Waals surface area (Å²) in [7, 11) is 1.97. The van der Waals surface area contributed by atoms with Crippen LogP contribution < -0.4 is 5.32 Å². The number of piperazine rings is 1. The number of aromatic nitrogens is 3. The van der Waals surface area contributed by atoms with Gasteiger partial charge in [-0.15, -0.1) is 0 Å². The van der Waals surface area contributed by atoms with Gasteiger partial charge in [0, 0.05) is 31.7 Å². The molecule has 1 aromatic rings.